The van der Waals surface area contributed by atoms with Gasteiger partial charge in [-0.2, -0.15) is 4.39 Å². The van der Waals surface area contributed by atoms with Crippen LogP contribution in [0.25, 0.3) is 10.9 Å². The van der Waals surface area contributed by atoms with E-state index in [2.05, 4.69) is 0 Å². The topological polar surface area (TPSA) is 48.0 Å². The lowest BCUT2D eigenvalue weighted by molar-refractivity contribution is 0.0995. The minimum atomic E-state index is -1.25. The number of aromatic nitrogens is 1. The highest BCUT2D eigenvalue weighted by molar-refractivity contribution is 6.06. The minimum absolute atomic E-state index is 0. The van der Waals surface area contributed by atoms with Crippen LogP contribution in [-0.4, -0.2) is 10.7 Å². The van der Waals surface area contributed by atoms with Gasteiger partial charge in [0.1, 0.15) is 5.56 Å². The predicted molar refractivity (Wildman–Crippen MR) is 54.2 cm³/mol. The molecule has 0 saturated heterocycles. The van der Waals surface area contributed by atoms with Gasteiger partial charge < -0.3 is 5.73 Å². The van der Waals surface area contributed by atoms with E-state index in [0.717, 1.165) is 0 Å². The first-order valence-corrected chi connectivity index (χ1v) is 3.88. The van der Waals surface area contributed by atoms with Crippen LogP contribution in [0.3, 0.4) is 0 Å². The molecule has 0 spiro atoms. The van der Waals surface area contributed by atoms with Crippen molar-refractivity contribution in [1.29, 1.82) is 0 Å². The zero-order chi connectivity index (χ0) is 10.3. The highest BCUT2D eigenvalue weighted by atomic mass is 35.5. The van der Waals surface area contributed by atoms with Crippen molar-refractivity contribution < 1.29 is 13.7 Å². The lowest BCUT2D eigenvalue weighted by Crippen LogP contribution is -2.12. The molecule has 0 fully saturated rings. The van der Waals surface area contributed by atoms with Crippen LogP contribution < -0.4 is 5.73 Å². The van der Waals surface area contributed by atoms with Crippen LogP contribution in [0.5, 0.6) is 0 Å². The first-order valence-electron chi connectivity index (χ1n) is 3.88. The Kier molecular flexibility index (Phi) is 2.95. The molecule has 1 aromatic carbocycles. The fraction of sp³-hybridized carbons (Fsp3) is 0. The van der Waals surface area contributed by atoms with Crippen molar-refractivity contribution in [1.82, 2.24) is 4.79 Å². The lowest BCUT2D eigenvalue weighted by atomic mass is 10.2. The van der Waals surface area contributed by atoms with Gasteiger partial charge in [-0.05, 0) is 6.07 Å². The predicted octanol–water partition coefficient (Wildman–Crippen LogP) is 2.03. The number of fused-ring (bicyclic) bond motifs is 1. The van der Waals surface area contributed by atoms with E-state index < -0.39 is 17.4 Å². The van der Waals surface area contributed by atoms with Crippen LogP contribution in [0, 0.1) is 5.95 Å². The zero-order valence-electron chi connectivity index (χ0n) is 7.41. The summed E-state index contributed by atoms with van der Waals surface area (Å²) in [5.74, 6) is -2.23. The number of rotatable bonds is 1. The number of primary amides is 1. The number of hydrogen-bond acceptors (Lipinski definition) is 1. The van der Waals surface area contributed by atoms with Crippen LogP contribution in [0.4, 0.5) is 8.87 Å². The summed E-state index contributed by atoms with van der Waals surface area (Å²) in [6, 6.07) is 5.93. The summed E-state index contributed by atoms with van der Waals surface area (Å²) >= 11 is 0. The highest BCUT2D eigenvalue weighted by Gasteiger charge is 2.20. The minimum Gasteiger partial charge on any atom is -0.365 e. The summed E-state index contributed by atoms with van der Waals surface area (Å²) in [4.78, 5) is 10.7. The molecule has 1 aromatic heterocycles. The van der Waals surface area contributed by atoms with Crippen LogP contribution in [0.15, 0.2) is 24.3 Å². The molecule has 3 nitrogen and oxygen atoms in total. The van der Waals surface area contributed by atoms with E-state index in [1.54, 1.807) is 12.1 Å². The van der Waals surface area contributed by atoms with Gasteiger partial charge >= 0.3 is 0 Å². The summed E-state index contributed by atoms with van der Waals surface area (Å²) in [5, 5.41) is 0.181. The standard InChI is InChI=1S/C9H6F2N2O.ClH/c10-8-7(9(12)14)5-3-1-2-4-6(5)13(8)11;/h1-4H,(H2,12,14);1H. The first-order chi connectivity index (χ1) is 6.63. The molecule has 2 aromatic rings. The molecule has 2 rings (SSSR count). The van der Waals surface area contributed by atoms with Gasteiger partial charge in [0.25, 0.3) is 5.91 Å². The van der Waals surface area contributed by atoms with Crippen molar-refractivity contribution in [3.63, 3.8) is 0 Å². The van der Waals surface area contributed by atoms with Crippen molar-refractivity contribution in [3.8, 4) is 0 Å². The average Bonchev–Trinajstić information content (AvgIpc) is 2.41. The molecule has 0 aliphatic rings. The Morgan fingerprint density at radius 3 is 2.53 bits per heavy atom. The Morgan fingerprint density at radius 2 is 1.93 bits per heavy atom. The van der Waals surface area contributed by atoms with E-state index >= 15 is 0 Å². The molecule has 6 heteroatoms. The number of nitrogens with zero attached hydrogens (tertiary/aromatic N) is 1. The summed E-state index contributed by atoms with van der Waals surface area (Å²) in [5.41, 5.74) is 4.52. The van der Waals surface area contributed by atoms with E-state index in [1.165, 1.54) is 12.1 Å². The summed E-state index contributed by atoms with van der Waals surface area (Å²) in [6.45, 7) is 0. The average molecular weight is 233 g/mol. The Bertz CT molecular complexity index is 524. The van der Waals surface area contributed by atoms with E-state index in [1.807, 2.05) is 0 Å². The molecular weight excluding hydrogens is 226 g/mol. The second-order valence-corrected chi connectivity index (χ2v) is 2.83. The Hall–Kier alpha value is -1.62. The third-order valence-corrected chi connectivity index (χ3v) is 2.01. The molecule has 0 saturated carbocycles. The van der Waals surface area contributed by atoms with Crippen molar-refractivity contribution >= 4 is 29.2 Å². The fourth-order valence-corrected chi connectivity index (χ4v) is 1.41. The number of para-hydroxylation sites is 1. The maximum Gasteiger partial charge on any atom is 0.254 e. The molecule has 1 amide bonds. The molecule has 1 heterocycles. The van der Waals surface area contributed by atoms with E-state index in [0.29, 0.717) is 0 Å². The maximum absolute atomic E-state index is 13.2. The quantitative estimate of drug-likeness (QED) is 0.804. The molecule has 0 aliphatic heterocycles. The van der Waals surface area contributed by atoms with Crippen molar-refractivity contribution in [2.75, 3.05) is 0 Å². The van der Waals surface area contributed by atoms with Crippen LogP contribution in [-0.2, 0) is 0 Å². The number of carbonyl (C=O) groups excluding carboxylic acids is 1. The number of benzene rings is 1. The summed E-state index contributed by atoms with van der Waals surface area (Å²) in [7, 11) is 0. The number of amides is 1. The highest BCUT2D eigenvalue weighted by Crippen LogP contribution is 2.24. The number of halogens is 3. The van der Waals surface area contributed by atoms with Crippen molar-refractivity contribution in [2.24, 2.45) is 5.73 Å². The van der Waals surface area contributed by atoms with E-state index in [4.69, 9.17) is 5.73 Å². The number of nitrogens with two attached hydrogens (primary N) is 1. The zero-order valence-corrected chi connectivity index (χ0v) is 8.22. The van der Waals surface area contributed by atoms with Gasteiger partial charge in [-0.1, -0.05) is 22.7 Å². The third kappa shape index (κ3) is 1.55. The summed E-state index contributed by atoms with van der Waals surface area (Å²) < 4.78 is 26.3. The molecule has 0 radical (unpaired) electrons. The van der Waals surface area contributed by atoms with Crippen LogP contribution >= 0.6 is 12.4 Å². The second-order valence-electron chi connectivity index (χ2n) is 2.83. The molecule has 0 aliphatic carbocycles. The molecule has 0 bridgehead atoms. The van der Waals surface area contributed by atoms with Crippen molar-refractivity contribution in [2.45, 2.75) is 0 Å². The second kappa shape index (κ2) is 3.86. The van der Waals surface area contributed by atoms with E-state index in [9.17, 15) is 13.7 Å². The third-order valence-electron chi connectivity index (χ3n) is 2.01. The summed E-state index contributed by atoms with van der Waals surface area (Å²) in [6.07, 6.45) is 0. The SMILES string of the molecule is Cl.NC(=O)c1c(F)n(F)c2ccccc12. The molecule has 80 valence electrons. The van der Waals surface area contributed by atoms with Gasteiger partial charge in [-0.15, -0.1) is 17.2 Å². The fourth-order valence-electron chi connectivity index (χ4n) is 1.41. The largest absolute Gasteiger partial charge is 0.365 e. The van der Waals surface area contributed by atoms with Gasteiger partial charge in [0.15, 0.2) is 0 Å². The molecule has 2 N–H and O–H groups in total. The van der Waals surface area contributed by atoms with Gasteiger partial charge in [0.2, 0.25) is 5.95 Å². The van der Waals surface area contributed by atoms with Crippen LogP contribution in [0.2, 0.25) is 0 Å². The Morgan fingerprint density at radius 1 is 1.33 bits per heavy atom. The monoisotopic (exact) mass is 232 g/mol. The van der Waals surface area contributed by atoms with Gasteiger partial charge in [0.05, 0.1) is 5.52 Å². The van der Waals surface area contributed by atoms with E-state index in [-0.39, 0.29) is 28.1 Å². The van der Waals surface area contributed by atoms with Gasteiger partial charge in [0, 0.05) is 5.39 Å². The molecule has 0 atom stereocenters. The molecule has 0 unspecified atom stereocenters. The lowest BCUT2D eigenvalue weighted by Gasteiger charge is -1.90. The normalized spacial score (nSPS) is 10.0. The number of hydrogen-bond donors (Lipinski definition) is 1. The van der Waals surface area contributed by atoms with Gasteiger partial charge in [-0.25, -0.2) is 0 Å². The number of carbonyl (C=O) groups is 1. The maximum atomic E-state index is 13.2. The van der Waals surface area contributed by atoms with Crippen molar-refractivity contribution in [3.05, 3.63) is 35.8 Å². The Balaban J connectivity index is 0.00000112. The Labute approximate surface area is 89.8 Å². The van der Waals surface area contributed by atoms with Crippen LogP contribution in [0.1, 0.15) is 10.4 Å². The molecule has 15 heavy (non-hydrogen) atoms. The molecular formula is C9H7ClF2N2O. The first kappa shape index (κ1) is 11.5. The smallest absolute Gasteiger partial charge is 0.254 e. The van der Waals surface area contributed by atoms with Gasteiger partial charge in [-0.3, -0.25) is 4.79 Å².